The summed E-state index contributed by atoms with van der Waals surface area (Å²) in [6.07, 6.45) is 4.94. The number of aromatic nitrogens is 2. The Morgan fingerprint density at radius 3 is 2.56 bits per heavy atom. The van der Waals surface area contributed by atoms with E-state index >= 15 is 0 Å². The molecule has 0 amide bonds. The topological polar surface area (TPSA) is 29.9 Å². The number of nitrogens with zero attached hydrogens (tertiary/aromatic N) is 2. The smallest absolute Gasteiger partial charge is 0.227 e. The van der Waals surface area contributed by atoms with Crippen molar-refractivity contribution < 1.29 is 13.1 Å². The van der Waals surface area contributed by atoms with Crippen LogP contribution in [-0.2, 0) is 13.5 Å². The van der Waals surface area contributed by atoms with Gasteiger partial charge >= 0.3 is 0 Å². The molecule has 166 valence electrons. The highest BCUT2D eigenvalue weighted by molar-refractivity contribution is 6.08. The molecule has 32 heavy (non-hydrogen) atoms. The molecule has 1 aliphatic carbocycles. The van der Waals surface area contributed by atoms with E-state index in [2.05, 4.69) is 35.8 Å². The summed E-state index contributed by atoms with van der Waals surface area (Å²) in [6.45, 7) is 7.93. The van der Waals surface area contributed by atoms with Gasteiger partial charge in [0.15, 0.2) is 11.8 Å². The SMILES string of the molecule is [2H]C1(c2ccc3c(n2)oc2c(-c4ccc(CC([2H])([2H])C(C)(C)C)c[n+]4C)c(C)ccc23)CCCC1. The summed E-state index contributed by atoms with van der Waals surface area (Å²) in [5.74, 6) is -0.605. The average molecular weight is 431 g/mol. The number of pyridine rings is 2. The van der Waals surface area contributed by atoms with Crippen LogP contribution in [-0.4, -0.2) is 4.98 Å². The van der Waals surface area contributed by atoms with Gasteiger partial charge in [0.1, 0.15) is 7.05 Å². The summed E-state index contributed by atoms with van der Waals surface area (Å²) in [5, 5.41) is 2.00. The largest absolute Gasteiger partial charge is 0.437 e. The van der Waals surface area contributed by atoms with Crippen molar-refractivity contribution in [3.05, 3.63) is 59.4 Å². The predicted octanol–water partition coefficient (Wildman–Crippen LogP) is 7.42. The lowest BCUT2D eigenvalue weighted by Crippen LogP contribution is -2.31. The lowest BCUT2D eigenvalue weighted by atomic mass is 9.89. The normalized spacial score (nSPS) is 18.1. The molecule has 3 aromatic heterocycles. The molecule has 0 bridgehead atoms. The Hall–Kier alpha value is -2.68. The van der Waals surface area contributed by atoms with E-state index in [4.69, 9.17) is 13.5 Å². The van der Waals surface area contributed by atoms with E-state index in [0.29, 0.717) is 12.1 Å². The zero-order chi connectivity index (χ0) is 25.2. The van der Waals surface area contributed by atoms with Crippen molar-refractivity contribution in [2.75, 3.05) is 0 Å². The third kappa shape index (κ3) is 3.94. The molecule has 3 heteroatoms. The number of hydrogen-bond donors (Lipinski definition) is 0. The molecule has 1 saturated carbocycles. The third-order valence-corrected chi connectivity index (χ3v) is 6.56. The lowest BCUT2D eigenvalue weighted by Gasteiger charge is -2.17. The molecule has 1 aromatic carbocycles. The predicted molar refractivity (Wildman–Crippen MR) is 132 cm³/mol. The Labute approximate surface area is 195 Å². The van der Waals surface area contributed by atoms with Crippen molar-refractivity contribution in [3.63, 3.8) is 0 Å². The highest BCUT2D eigenvalue weighted by Gasteiger charge is 2.23. The fourth-order valence-corrected chi connectivity index (χ4v) is 4.79. The minimum Gasteiger partial charge on any atom is -0.437 e. The maximum atomic E-state index is 8.86. The van der Waals surface area contributed by atoms with E-state index in [-0.39, 0.29) is 0 Å². The third-order valence-electron chi connectivity index (χ3n) is 6.56. The summed E-state index contributed by atoms with van der Waals surface area (Å²) in [5.41, 5.74) is 5.89. The van der Waals surface area contributed by atoms with Crippen LogP contribution in [0.4, 0.5) is 0 Å². The molecule has 0 radical (unpaired) electrons. The Morgan fingerprint density at radius 2 is 1.84 bits per heavy atom. The summed E-state index contributed by atoms with van der Waals surface area (Å²) >= 11 is 0. The molecule has 1 aliphatic rings. The van der Waals surface area contributed by atoms with Gasteiger partial charge in [0.2, 0.25) is 11.4 Å². The molecule has 3 heterocycles. The van der Waals surface area contributed by atoms with Crippen LogP contribution in [0.3, 0.4) is 0 Å². The van der Waals surface area contributed by atoms with Crippen molar-refractivity contribution >= 4 is 22.1 Å². The van der Waals surface area contributed by atoms with E-state index in [1.807, 2.05) is 46.1 Å². The van der Waals surface area contributed by atoms with Crippen LogP contribution >= 0.6 is 0 Å². The van der Waals surface area contributed by atoms with Gasteiger partial charge in [-0.1, -0.05) is 45.7 Å². The lowest BCUT2D eigenvalue weighted by molar-refractivity contribution is -0.660. The van der Waals surface area contributed by atoms with Crippen molar-refractivity contribution in [1.29, 1.82) is 0 Å². The molecular formula is C29H35N2O+. The van der Waals surface area contributed by atoms with Crippen molar-refractivity contribution in [1.82, 2.24) is 4.98 Å². The molecule has 0 aliphatic heterocycles. The number of rotatable bonds is 4. The number of furan rings is 1. The molecule has 0 saturated heterocycles. The van der Waals surface area contributed by atoms with E-state index in [9.17, 15) is 0 Å². The molecular weight excluding hydrogens is 392 g/mol. The van der Waals surface area contributed by atoms with E-state index < -0.39 is 17.7 Å². The summed E-state index contributed by atoms with van der Waals surface area (Å²) in [6, 6.07) is 12.4. The molecule has 4 aromatic rings. The first-order chi connectivity index (χ1) is 16.4. The first-order valence-corrected chi connectivity index (χ1v) is 11.7. The van der Waals surface area contributed by atoms with Gasteiger partial charge in [-0.2, -0.15) is 0 Å². The van der Waals surface area contributed by atoms with Crippen molar-refractivity contribution in [2.45, 2.75) is 72.1 Å². The van der Waals surface area contributed by atoms with Crippen molar-refractivity contribution in [2.24, 2.45) is 12.5 Å². The Morgan fingerprint density at radius 1 is 1.09 bits per heavy atom. The van der Waals surface area contributed by atoms with Gasteiger partial charge in [-0.05, 0) is 61.7 Å². The second-order valence-electron chi connectivity index (χ2n) is 10.2. The fourth-order valence-electron chi connectivity index (χ4n) is 4.79. The van der Waals surface area contributed by atoms with E-state index in [1.165, 1.54) is 0 Å². The van der Waals surface area contributed by atoms with Crippen LogP contribution in [0.2, 0.25) is 0 Å². The summed E-state index contributed by atoms with van der Waals surface area (Å²) < 4.78 is 34.4. The van der Waals surface area contributed by atoms with Crippen molar-refractivity contribution in [3.8, 4) is 11.3 Å². The second-order valence-corrected chi connectivity index (χ2v) is 10.2. The fraction of sp³-hybridized carbons (Fsp3) is 0.448. The highest BCUT2D eigenvalue weighted by Crippen LogP contribution is 2.38. The van der Waals surface area contributed by atoms with Crippen LogP contribution in [0.1, 0.15) is 79.7 Å². The maximum Gasteiger partial charge on any atom is 0.227 e. The molecule has 0 spiro atoms. The molecule has 5 rings (SSSR count). The first kappa shape index (κ1) is 17.8. The molecule has 1 fully saturated rings. The standard InChI is InChI=1S/C29H35N2O/c1-19-10-12-22-23-13-14-24(21-8-6-7-9-21)30-28(23)32-27(22)26(19)25-15-11-20(18-31(25)5)16-17-29(2,3)4/h10-15,18,21H,6-9,16-17H2,1-5H3/q+1/i17D2,21D. The summed E-state index contributed by atoms with van der Waals surface area (Å²) in [7, 11) is 2.01. The van der Waals surface area contributed by atoms with Gasteiger partial charge < -0.3 is 4.42 Å². The molecule has 0 unspecified atom stereocenters. The Kier molecular flexibility index (Phi) is 4.47. The number of fused-ring (bicyclic) bond motifs is 3. The van der Waals surface area contributed by atoms with Crippen LogP contribution in [0, 0.1) is 12.3 Å². The average Bonchev–Trinajstić information content (AvgIpc) is 3.37. The molecule has 0 N–H and O–H groups in total. The molecule has 3 nitrogen and oxygen atoms in total. The van der Waals surface area contributed by atoms with Gasteiger partial charge in [-0.25, -0.2) is 9.55 Å². The maximum absolute atomic E-state index is 8.86. The van der Waals surface area contributed by atoms with Crippen LogP contribution in [0.15, 0.2) is 47.0 Å². The van der Waals surface area contributed by atoms with Gasteiger partial charge in [0.25, 0.3) is 0 Å². The van der Waals surface area contributed by atoms with Gasteiger partial charge in [-0.3, -0.25) is 0 Å². The Balaban J connectivity index is 1.60. The number of aryl methyl sites for hydroxylation is 3. The van der Waals surface area contributed by atoms with Gasteiger partial charge in [0.05, 0.1) is 5.56 Å². The second kappa shape index (κ2) is 8.03. The monoisotopic (exact) mass is 430 g/mol. The van der Waals surface area contributed by atoms with E-state index in [1.54, 1.807) is 0 Å². The van der Waals surface area contributed by atoms with Crippen LogP contribution < -0.4 is 4.57 Å². The zero-order valence-electron chi connectivity index (χ0n) is 22.9. The van der Waals surface area contributed by atoms with E-state index in [0.717, 1.165) is 70.1 Å². The minimum absolute atomic E-state index is 0.361. The molecule has 0 atom stereocenters. The first-order valence-electron chi connectivity index (χ1n) is 13.2. The van der Waals surface area contributed by atoms with Gasteiger partial charge in [0, 0.05) is 38.1 Å². The number of benzene rings is 1. The quantitative estimate of drug-likeness (QED) is 0.315. The van der Waals surface area contributed by atoms with Crippen LogP contribution in [0.25, 0.3) is 33.3 Å². The van der Waals surface area contributed by atoms with Crippen LogP contribution in [0.5, 0.6) is 0 Å². The Bertz CT molecular complexity index is 1430. The summed E-state index contributed by atoms with van der Waals surface area (Å²) in [4.78, 5) is 4.83. The highest BCUT2D eigenvalue weighted by atomic mass is 16.3. The zero-order valence-corrected chi connectivity index (χ0v) is 19.9. The number of hydrogen-bond acceptors (Lipinski definition) is 2. The van der Waals surface area contributed by atoms with Gasteiger partial charge in [-0.15, -0.1) is 0 Å². The minimum atomic E-state index is -1.31.